The second kappa shape index (κ2) is 11.3. The standard InChI is InChI=1S/C32H35F3N4O6/c1-4-39(13-15-8-6-5-7-9-15)14-17-12-20(40)22-18(24(17)32(33,34)35)10-16-11-19-25(38(2)3)27(42)23(30(37)44)28(36)31(19,45)29(43)21(16)26(22)41/h5-9,12,16,19,25,36,40-42,45H,4,10-11,13-14H2,1-3H3,(H2,37,44)/t16-,19-,25-,31+/m0/s1. The number of hydrogen-bond acceptors (Lipinski definition) is 9. The van der Waals surface area contributed by atoms with Crippen LogP contribution in [0, 0.1) is 17.2 Å². The van der Waals surface area contributed by atoms with E-state index in [1.54, 1.807) is 11.8 Å². The Morgan fingerprint density at radius 2 is 1.78 bits per heavy atom. The first kappa shape index (κ1) is 32.2. The molecule has 0 bridgehead atoms. The van der Waals surface area contributed by atoms with Gasteiger partial charge < -0.3 is 31.6 Å². The number of nitrogens with one attached hydrogen (secondary N) is 1. The number of ketones is 1. The highest BCUT2D eigenvalue weighted by atomic mass is 19.4. The molecule has 0 radical (unpaired) electrons. The third kappa shape index (κ3) is 5.08. The average molecular weight is 629 g/mol. The zero-order chi connectivity index (χ0) is 33.2. The van der Waals surface area contributed by atoms with E-state index in [1.807, 2.05) is 30.3 Å². The maximum absolute atomic E-state index is 14.9. The number of halogens is 3. The van der Waals surface area contributed by atoms with E-state index in [1.165, 1.54) is 19.0 Å². The molecule has 10 nitrogen and oxygen atoms in total. The summed E-state index contributed by atoms with van der Waals surface area (Å²) in [6, 6.07) is 8.94. The van der Waals surface area contributed by atoms with Crippen molar-refractivity contribution in [3.05, 3.63) is 81.1 Å². The highest BCUT2D eigenvalue weighted by molar-refractivity contribution is 6.33. The van der Waals surface area contributed by atoms with Gasteiger partial charge in [-0.05, 0) is 62.2 Å². The fraction of sp³-hybridized carbons (Fsp3) is 0.406. The summed E-state index contributed by atoms with van der Waals surface area (Å²) in [6.45, 7) is 2.39. The van der Waals surface area contributed by atoms with E-state index in [4.69, 9.17) is 11.1 Å². The van der Waals surface area contributed by atoms with Gasteiger partial charge in [0.25, 0.3) is 5.91 Å². The summed E-state index contributed by atoms with van der Waals surface area (Å²) in [6.07, 6.45) is -5.55. The number of rotatable bonds is 7. The van der Waals surface area contributed by atoms with E-state index in [2.05, 4.69) is 0 Å². The van der Waals surface area contributed by atoms with Gasteiger partial charge in [-0.1, -0.05) is 37.3 Å². The molecule has 0 unspecified atom stereocenters. The normalized spacial score (nSPS) is 25.0. The van der Waals surface area contributed by atoms with Gasteiger partial charge in [0.1, 0.15) is 22.8 Å². The Bertz CT molecular complexity index is 1650. The number of likely N-dealkylation sites (N-methyl/N-ethyl adjacent to an activating group) is 1. The van der Waals surface area contributed by atoms with Crippen molar-refractivity contribution < 1.29 is 43.2 Å². The number of fused-ring (bicyclic) bond motifs is 3. The number of hydrogen-bond donors (Lipinski definition) is 6. The predicted molar refractivity (Wildman–Crippen MR) is 158 cm³/mol. The van der Waals surface area contributed by atoms with Crippen molar-refractivity contribution >= 4 is 23.2 Å². The van der Waals surface area contributed by atoms with Crippen molar-refractivity contribution in [2.45, 2.75) is 50.7 Å². The van der Waals surface area contributed by atoms with Gasteiger partial charge in [0.2, 0.25) is 5.78 Å². The predicted octanol–water partition coefficient (Wildman–Crippen LogP) is 3.46. The molecule has 0 aliphatic heterocycles. The molecule has 1 amide bonds. The van der Waals surface area contributed by atoms with Crippen LogP contribution >= 0.6 is 0 Å². The third-order valence-corrected chi connectivity index (χ3v) is 9.23. The number of nitrogens with zero attached hydrogens (tertiary/aromatic N) is 2. The monoisotopic (exact) mass is 628 g/mol. The number of amides is 1. The van der Waals surface area contributed by atoms with E-state index < -0.39 is 93.0 Å². The van der Waals surface area contributed by atoms with Crippen molar-refractivity contribution in [2.75, 3.05) is 20.6 Å². The number of benzene rings is 2. The summed E-state index contributed by atoms with van der Waals surface area (Å²) in [5.41, 5.74) is -0.804. The van der Waals surface area contributed by atoms with E-state index in [0.717, 1.165) is 11.6 Å². The summed E-state index contributed by atoms with van der Waals surface area (Å²) in [4.78, 5) is 29.4. The topological polar surface area (TPSA) is 171 Å². The van der Waals surface area contributed by atoms with Crippen molar-refractivity contribution in [3.63, 3.8) is 0 Å². The minimum absolute atomic E-state index is 0.168. The number of aliphatic hydroxyl groups excluding tert-OH is 2. The number of aromatic hydroxyl groups is 1. The van der Waals surface area contributed by atoms with Gasteiger partial charge >= 0.3 is 6.18 Å². The molecule has 1 saturated carbocycles. The van der Waals surface area contributed by atoms with Crippen LogP contribution in [0.25, 0.3) is 5.76 Å². The average Bonchev–Trinajstić information content (AvgIpc) is 2.94. The smallest absolute Gasteiger partial charge is 0.417 e. The first-order valence-corrected chi connectivity index (χ1v) is 14.4. The number of primary amides is 1. The molecule has 5 rings (SSSR count). The van der Waals surface area contributed by atoms with Crippen molar-refractivity contribution in [3.8, 4) is 5.75 Å². The van der Waals surface area contributed by atoms with Gasteiger partial charge in [0, 0.05) is 24.6 Å². The fourth-order valence-electron chi connectivity index (χ4n) is 7.28. The van der Waals surface area contributed by atoms with Crippen LogP contribution in [0.15, 0.2) is 53.3 Å². The molecule has 45 heavy (non-hydrogen) atoms. The third-order valence-electron chi connectivity index (χ3n) is 9.23. The summed E-state index contributed by atoms with van der Waals surface area (Å²) in [5.74, 6) is -7.05. The lowest BCUT2D eigenvalue weighted by molar-refractivity contribution is -0.139. The molecule has 13 heteroatoms. The Morgan fingerprint density at radius 1 is 1.13 bits per heavy atom. The zero-order valence-corrected chi connectivity index (χ0v) is 24.9. The van der Waals surface area contributed by atoms with Crippen molar-refractivity contribution in [1.82, 2.24) is 9.80 Å². The zero-order valence-electron chi connectivity index (χ0n) is 24.9. The summed E-state index contributed by atoms with van der Waals surface area (Å²) in [7, 11) is 3.00. The largest absolute Gasteiger partial charge is 0.510 e. The molecule has 2 aromatic rings. The highest BCUT2D eigenvalue weighted by Crippen LogP contribution is 2.54. The number of carbonyl (C=O) groups is 2. The van der Waals surface area contributed by atoms with E-state index >= 15 is 0 Å². The van der Waals surface area contributed by atoms with Gasteiger partial charge in [0.15, 0.2) is 5.60 Å². The maximum atomic E-state index is 14.9. The summed E-state index contributed by atoms with van der Waals surface area (Å²) >= 11 is 0. The Hall–Kier alpha value is -4.20. The number of aliphatic hydroxyl groups is 3. The summed E-state index contributed by atoms with van der Waals surface area (Å²) < 4.78 is 44.6. The number of Topliss-reactive ketones (excluding diaryl/α,β-unsaturated/α-hetero) is 1. The minimum Gasteiger partial charge on any atom is -0.510 e. The fourth-order valence-corrected chi connectivity index (χ4v) is 7.28. The summed E-state index contributed by atoms with van der Waals surface area (Å²) in [5, 5.41) is 53.7. The van der Waals surface area contributed by atoms with Crippen LogP contribution in [-0.2, 0) is 35.3 Å². The molecule has 7 N–H and O–H groups in total. The van der Waals surface area contributed by atoms with E-state index in [-0.39, 0.29) is 24.1 Å². The van der Waals surface area contributed by atoms with Gasteiger partial charge in [0.05, 0.1) is 22.9 Å². The Kier molecular flexibility index (Phi) is 8.09. The van der Waals surface area contributed by atoms with Crippen LogP contribution in [0.2, 0.25) is 0 Å². The highest BCUT2D eigenvalue weighted by Gasteiger charge is 2.63. The van der Waals surface area contributed by atoms with Crippen LogP contribution in [0.4, 0.5) is 13.2 Å². The van der Waals surface area contributed by atoms with Crippen molar-refractivity contribution in [2.24, 2.45) is 17.6 Å². The number of phenolic OH excluding ortho intramolecular Hbond substituents is 1. The molecule has 1 fully saturated rings. The molecule has 2 aromatic carbocycles. The second-order valence-electron chi connectivity index (χ2n) is 12.1. The lowest BCUT2D eigenvalue weighted by Gasteiger charge is -2.51. The molecule has 4 atom stereocenters. The van der Waals surface area contributed by atoms with Crippen LogP contribution in [0.3, 0.4) is 0 Å². The Balaban J connectivity index is 1.66. The quantitative estimate of drug-likeness (QED) is 0.271. The molecular formula is C32H35F3N4O6. The first-order chi connectivity index (χ1) is 21.0. The van der Waals surface area contributed by atoms with Crippen molar-refractivity contribution in [1.29, 1.82) is 5.41 Å². The molecule has 3 aliphatic carbocycles. The van der Waals surface area contributed by atoms with Crippen LogP contribution < -0.4 is 5.73 Å². The van der Waals surface area contributed by atoms with Gasteiger partial charge in [-0.3, -0.25) is 19.4 Å². The molecule has 0 spiro atoms. The number of alkyl halides is 3. The number of phenols is 1. The molecule has 0 saturated heterocycles. The lowest BCUT2D eigenvalue weighted by atomic mass is 9.56. The van der Waals surface area contributed by atoms with Gasteiger partial charge in [-0.25, -0.2) is 0 Å². The molecule has 3 aliphatic rings. The maximum Gasteiger partial charge on any atom is 0.417 e. The minimum atomic E-state index is -4.90. The molecule has 0 aromatic heterocycles. The van der Waals surface area contributed by atoms with Crippen LogP contribution in [0.1, 0.15) is 41.2 Å². The second-order valence-corrected chi connectivity index (χ2v) is 12.1. The Labute approximate surface area is 257 Å². The first-order valence-electron chi connectivity index (χ1n) is 14.4. The Morgan fingerprint density at radius 3 is 2.33 bits per heavy atom. The van der Waals surface area contributed by atoms with E-state index in [9.17, 15) is 43.2 Å². The van der Waals surface area contributed by atoms with Crippen LogP contribution in [-0.4, -0.2) is 79.9 Å². The molecule has 240 valence electrons. The SMILES string of the molecule is CCN(Cc1ccccc1)Cc1cc(O)c2c(c1C(F)(F)F)C[C@H]1C[C@H]3[C@H](N(C)C)C(O)=C(C(N)=O)C(=N)[C@@]3(O)C(=O)C1=C2O. The lowest BCUT2D eigenvalue weighted by Crippen LogP contribution is -2.67. The van der Waals surface area contributed by atoms with Gasteiger partial charge in [-0.15, -0.1) is 0 Å². The molecule has 0 heterocycles. The van der Waals surface area contributed by atoms with Gasteiger partial charge in [-0.2, -0.15) is 13.2 Å². The van der Waals surface area contributed by atoms with E-state index in [0.29, 0.717) is 13.1 Å². The number of nitrogens with two attached hydrogens (primary N) is 1. The molecular weight excluding hydrogens is 593 g/mol. The van der Waals surface area contributed by atoms with Crippen LogP contribution in [0.5, 0.6) is 5.75 Å². The number of carbonyl (C=O) groups excluding carboxylic acids is 2.